The maximum Gasteiger partial charge on any atom is 0.303 e. The molecule has 0 aromatic heterocycles. The molecule has 0 saturated carbocycles. The van der Waals surface area contributed by atoms with Crippen LogP contribution < -0.4 is 0 Å². The minimum atomic E-state index is -1.16. The Labute approximate surface area is 260 Å². The highest BCUT2D eigenvalue weighted by molar-refractivity contribution is 7.99. The Morgan fingerprint density at radius 3 is 1.80 bits per heavy atom. The number of esters is 1. The van der Waals surface area contributed by atoms with E-state index in [1.54, 1.807) is 6.92 Å². The molecule has 236 valence electrons. The molecule has 0 unspecified atom stereocenters. The molecular weight excluding hydrogens is 588 g/mol. The number of benzene rings is 2. The second-order valence-electron chi connectivity index (χ2n) is 10.5. The zero-order chi connectivity index (χ0) is 31.5. The van der Waals surface area contributed by atoms with Crippen LogP contribution in [0.25, 0.3) is 20.9 Å². The Morgan fingerprint density at radius 2 is 1.32 bits per heavy atom. The maximum atomic E-state index is 12.4. The summed E-state index contributed by atoms with van der Waals surface area (Å²) in [5.74, 6) is 0.109. The van der Waals surface area contributed by atoms with Gasteiger partial charge in [-0.05, 0) is 41.8 Å². The van der Waals surface area contributed by atoms with E-state index in [0.717, 1.165) is 11.1 Å². The Bertz CT molecular complexity index is 1300. The zero-order valence-corrected chi connectivity index (χ0v) is 25.9. The number of hydrogen-bond donors (Lipinski definition) is 0. The minimum Gasteiger partial charge on any atom is -0.454 e. The molecule has 0 aliphatic carbocycles. The lowest BCUT2D eigenvalue weighted by Gasteiger charge is -2.48. The highest BCUT2D eigenvalue weighted by Gasteiger charge is 2.52. The number of azide groups is 2. The van der Waals surface area contributed by atoms with E-state index in [0.29, 0.717) is 5.75 Å². The SMILES string of the molecule is CCS[C@H]1O[C@H](C)[C@@H](N=[N+]=[N-])[C@H](OCc2ccccc2)[C@@H]1O[C@H]1O[C@H](C)[C@@H](N=[N+]=[N-])[C@H](OCc2ccccc2)[C@@H]1OC(C)=O. The van der Waals surface area contributed by atoms with Crippen LogP contribution in [0.4, 0.5) is 0 Å². The summed E-state index contributed by atoms with van der Waals surface area (Å²) in [7, 11) is 0. The standard InChI is InChI=1S/C30H38N6O7S/c1-5-44-30-28(26(24(34-36-32)19(3)41-30)39-17-22-14-10-7-11-15-22)43-29-27(42-20(4)37)25(23(33-35-31)18(2)40-29)38-16-21-12-8-6-9-13-21/h6-15,18-19,23-30H,5,16-17H2,1-4H3/t18-,19-,23-,24-,25+,26+,27+,28+,29-,30-/m1/s1. The topological polar surface area (TPSA) is 170 Å². The molecule has 0 amide bonds. The molecule has 44 heavy (non-hydrogen) atoms. The summed E-state index contributed by atoms with van der Waals surface area (Å²) >= 11 is 1.51. The van der Waals surface area contributed by atoms with Gasteiger partial charge in [-0.1, -0.05) is 77.8 Å². The summed E-state index contributed by atoms with van der Waals surface area (Å²) in [4.78, 5) is 18.5. The van der Waals surface area contributed by atoms with E-state index in [1.807, 2.05) is 74.5 Å². The van der Waals surface area contributed by atoms with Crippen molar-refractivity contribution in [2.45, 2.75) is 101 Å². The van der Waals surface area contributed by atoms with Crippen molar-refractivity contribution in [2.24, 2.45) is 10.2 Å². The Hall–Kier alpha value is -3.32. The van der Waals surface area contributed by atoms with Crippen molar-refractivity contribution in [2.75, 3.05) is 5.75 Å². The van der Waals surface area contributed by atoms with E-state index < -0.39 is 66.4 Å². The van der Waals surface area contributed by atoms with Gasteiger partial charge in [0.15, 0.2) is 12.4 Å². The largest absolute Gasteiger partial charge is 0.454 e. The number of hydrogen-bond acceptors (Lipinski definition) is 10. The van der Waals surface area contributed by atoms with Crippen molar-refractivity contribution in [3.63, 3.8) is 0 Å². The number of ether oxygens (including phenoxy) is 6. The van der Waals surface area contributed by atoms with Crippen LogP contribution in [0.2, 0.25) is 0 Å². The fraction of sp³-hybridized carbons (Fsp3) is 0.567. The van der Waals surface area contributed by atoms with E-state index in [9.17, 15) is 15.9 Å². The average molecular weight is 627 g/mol. The van der Waals surface area contributed by atoms with Crippen LogP contribution in [-0.2, 0) is 46.4 Å². The van der Waals surface area contributed by atoms with Gasteiger partial charge >= 0.3 is 5.97 Å². The van der Waals surface area contributed by atoms with Gasteiger partial charge in [0.05, 0.1) is 43.6 Å². The first-order valence-corrected chi connectivity index (χ1v) is 15.6. The van der Waals surface area contributed by atoms with Gasteiger partial charge in [-0.15, -0.1) is 11.8 Å². The lowest BCUT2D eigenvalue weighted by Crippen LogP contribution is -2.63. The monoisotopic (exact) mass is 626 g/mol. The van der Waals surface area contributed by atoms with Gasteiger partial charge in [-0.25, -0.2) is 0 Å². The Balaban J connectivity index is 1.68. The first-order chi connectivity index (χ1) is 21.4. The van der Waals surface area contributed by atoms with Crippen molar-refractivity contribution in [1.29, 1.82) is 0 Å². The average Bonchev–Trinajstić information content (AvgIpc) is 3.01. The lowest BCUT2D eigenvalue weighted by molar-refractivity contribution is -0.316. The van der Waals surface area contributed by atoms with Gasteiger partial charge in [0, 0.05) is 16.7 Å². The summed E-state index contributed by atoms with van der Waals surface area (Å²) in [5.41, 5.74) is 20.1. The first kappa shape index (κ1) is 33.6. The Kier molecular flexibility index (Phi) is 12.7. The molecule has 2 saturated heterocycles. The summed E-state index contributed by atoms with van der Waals surface area (Å²) in [5, 5.41) is 7.97. The lowest BCUT2D eigenvalue weighted by atomic mass is 9.95. The van der Waals surface area contributed by atoms with E-state index in [4.69, 9.17) is 28.4 Å². The molecule has 2 aromatic carbocycles. The van der Waals surface area contributed by atoms with Crippen LogP contribution in [0.3, 0.4) is 0 Å². The highest BCUT2D eigenvalue weighted by Crippen LogP contribution is 2.38. The van der Waals surface area contributed by atoms with Crippen molar-refractivity contribution >= 4 is 17.7 Å². The number of carbonyl (C=O) groups is 1. The molecule has 2 aromatic rings. The molecule has 2 heterocycles. The summed E-state index contributed by atoms with van der Waals surface area (Å²) in [6.45, 7) is 7.24. The summed E-state index contributed by atoms with van der Waals surface area (Å²) in [6, 6.07) is 17.5. The third-order valence-electron chi connectivity index (χ3n) is 7.38. The third kappa shape index (κ3) is 8.65. The van der Waals surface area contributed by atoms with Crippen LogP contribution in [0.15, 0.2) is 70.9 Å². The minimum absolute atomic E-state index is 0.167. The van der Waals surface area contributed by atoms with Crippen molar-refractivity contribution in [3.05, 3.63) is 92.7 Å². The van der Waals surface area contributed by atoms with Crippen LogP contribution in [0, 0.1) is 0 Å². The number of thioether (sulfide) groups is 1. The molecule has 14 heteroatoms. The molecule has 0 radical (unpaired) electrons. The van der Waals surface area contributed by atoms with Crippen molar-refractivity contribution in [3.8, 4) is 0 Å². The molecule has 2 fully saturated rings. The van der Waals surface area contributed by atoms with Gasteiger partial charge in [0.1, 0.15) is 17.6 Å². The summed E-state index contributed by atoms with van der Waals surface area (Å²) in [6.07, 6.45) is -5.85. The molecule has 0 bridgehead atoms. The molecule has 10 atom stereocenters. The Morgan fingerprint density at radius 1 is 0.818 bits per heavy atom. The molecule has 2 aliphatic heterocycles. The van der Waals surface area contributed by atoms with Crippen LogP contribution in [0.5, 0.6) is 0 Å². The van der Waals surface area contributed by atoms with Crippen molar-refractivity contribution < 1.29 is 33.2 Å². The number of rotatable bonds is 13. The van der Waals surface area contributed by atoms with Gasteiger partial charge in [0.2, 0.25) is 0 Å². The van der Waals surface area contributed by atoms with Crippen LogP contribution >= 0.6 is 11.8 Å². The summed E-state index contributed by atoms with van der Waals surface area (Å²) < 4.78 is 37.7. The fourth-order valence-electron chi connectivity index (χ4n) is 5.35. The van der Waals surface area contributed by atoms with Gasteiger partial charge in [-0.2, -0.15) is 0 Å². The van der Waals surface area contributed by atoms with Crippen LogP contribution in [0.1, 0.15) is 38.8 Å². The normalized spacial score (nSPS) is 31.7. The molecular formula is C30H38N6O7S. The maximum absolute atomic E-state index is 12.4. The predicted octanol–water partition coefficient (Wildman–Crippen LogP) is 6.07. The van der Waals surface area contributed by atoms with Crippen molar-refractivity contribution in [1.82, 2.24) is 0 Å². The molecule has 4 rings (SSSR count). The zero-order valence-electron chi connectivity index (χ0n) is 25.1. The molecule has 0 spiro atoms. The second-order valence-corrected chi connectivity index (χ2v) is 11.8. The van der Waals surface area contributed by atoms with E-state index in [-0.39, 0.29) is 13.2 Å². The third-order valence-corrected chi connectivity index (χ3v) is 8.42. The van der Waals surface area contributed by atoms with E-state index in [1.165, 1.54) is 18.7 Å². The molecule has 13 nitrogen and oxygen atoms in total. The quantitative estimate of drug-likeness (QED) is 0.112. The fourth-order valence-corrected chi connectivity index (χ4v) is 6.34. The second kappa shape index (κ2) is 16.7. The van der Waals surface area contributed by atoms with Crippen LogP contribution in [-0.4, -0.2) is 72.2 Å². The molecule has 0 N–H and O–H groups in total. The van der Waals surface area contributed by atoms with Gasteiger partial charge in [0.25, 0.3) is 0 Å². The van der Waals surface area contributed by atoms with Gasteiger partial charge < -0.3 is 28.4 Å². The van der Waals surface area contributed by atoms with Gasteiger partial charge in [-0.3, -0.25) is 4.79 Å². The predicted molar refractivity (Wildman–Crippen MR) is 163 cm³/mol. The highest BCUT2D eigenvalue weighted by atomic mass is 32.2. The number of carbonyl (C=O) groups excluding carboxylic acids is 1. The smallest absolute Gasteiger partial charge is 0.303 e. The number of nitrogens with zero attached hydrogens (tertiary/aromatic N) is 6. The van der Waals surface area contributed by atoms with E-state index >= 15 is 0 Å². The van der Waals surface area contributed by atoms with E-state index in [2.05, 4.69) is 20.1 Å². The first-order valence-electron chi connectivity index (χ1n) is 14.5. The molecule has 2 aliphatic rings.